The summed E-state index contributed by atoms with van der Waals surface area (Å²) in [6.07, 6.45) is 1.01. The van der Waals surface area contributed by atoms with Crippen LogP contribution in [-0.2, 0) is 15.9 Å². The fraction of sp³-hybridized carbons (Fsp3) is 0.636. The largest absolute Gasteiger partial charge is 0.252 e. The molecule has 0 radical (unpaired) electrons. The quantitative estimate of drug-likeness (QED) is 0.799. The van der Waals surface area contributed by atoms with Gasteiger partial charge in [0.1, 0.15) is 4.21 Å². The van der Waals surface area contributed by atoms with Crippen molar-refractivity contribution < 1.29 is 8.42 Å². The molecule has 1 unspecified atom stereocenters. The van der Waals surface area contributed by atoms with Gasteiger partial charge in [0.2, 0.25) is 0 Å². The third-order valence-electron chi connectivity index (χ3n) is 2.92. The molecule has 1 aliphatic heterocycles. The molecule has 0 N–H and O–H groups in total. The third-order valence-corrected chi connectivity index (χ3v) is 8.16. The molecule has 1 aromatic rings. The second kappa shape index (κ2) is 6.13. The highest BCUT2D eigenvalue weighted by atomic mass is 35.5. The van der Waals surface area contributed by atoms with Crippen molar-refractivity contribution in [3.8, 4) is 0 Å². The summed E-state index contributed by atoms with van der Waals surface area (Å²) in [5.41, 5.74) is 0. The first-order valence-corrected chi connectivity index (χ1v) is 9.68. The van der Waals surface area contributed by atoms with Crippen molar-refractivity contribution in [3.63, 3.8) is 0 Å². The van der Waals surface area contributed by atoms with Crippen LogP contribution in [0.4, 0.5) is 0 Å². The molecule has 0 aromatic carbocycles. The van der Waals surface area contributed by atoms with Gasteiger partial charge in [0.05, 0.1) is 5.88 Å². The van der Waals surface area contributed by atoms with Crippen LogP contribution in [-0.4, -0.2) is 36.8 Å². The first kappa shape index (κ1) is 14.7. The predicted molar refractivity (Wildman–Crippen MR) is 79.2 cm³/mol. The third kappa shape index (κ3) is 3.04. The number of thioether (sulfide) groups is 1. The van der Waals surface area contributed by atoms with Gasteiger partial charge in [-0.25, -0.2) is 8.42 Å². The lowest BCUT2D eigenvalue weighted by Gasteiger charge is -2.30. The molecule has 0 bridgehead atoms. The summed E-state index contributed by atoms with van der Waals surface area (Å²) in [4.78, 5) is 0.897. The maximum Gasteiger partial charge on any atom is 0.252 e. The molecule has 3 nitrogen and oxygen atoms in total. The number of halogens is 1. The highest BCUT2D eigenvalue weighted by molar-refractivity contribution is 8.00. The van der Waals surface area contributed by atoms with E-state index in [9.17, 15) is 8.42 Å². The van der Waals surface area contributed by atoms with Gasteiger partial charge in [-0.15, -0.1) is 22.9 Å². The lowest BCUT2D eigenvalue weighted by Crippen LogP contribution is -2.41. The lowest BCUT2D eigenvalue weighted by atomic mass is 10.3. The van der Waals surface area contributed by atoms with E-state index in [0.29, 0.717) is 28.4 Å². The number of hydrogen-bond acceptors (Lipinski definition) is 4. The van der Waals surface area contributed by atoms with Crippen LogP contribution in [0.5, 0.6) is 0 Å². The topological polar surface area (TPSA) is 37.4 Å². The number of rotatable bonds is 4. The Balaban J connectivity index is 2.19. The minimum Gasteiger partial charge on any atom is -0.206 e. The van der Waals surface area contributed by atoms with Crippen LogP contribution in [0.2, 0.25) is 0 Å². The van der Waals surface area contributed by atoms with E-state index in [1.54, 1.807) is 16.4 Å². The summed E-state index contributed by atoms with van der Waals surface area (Å²) in [5.74, 6) is 1.25. The highest BCUT2D eigenvalue weighted by Gasteiger charge is 2.30. The van der Waals surface area contributed by atoms with E-state index in [-0.39, 0.29) is 0 Å². The monoisotopic (exact) mass is 325 g/mol. The van der Waals surface area contributed by atoms with Crippen molar-refractivity contribution in [3.05, 3.63) is 17.0 Å². The minimum atomic E-state index is -3.31. The van der Waals surface area contributed by atoms with Gasteiger partial charge in [-0.1, -0.05) is 6.92 Å². The van der Waals surface area contributed by atoms with Crippen molar-refractivity contribution in [2.75, 3.05) is 18.8 Å². The van der Waals surface area contributed by atoms with Crippen LogP contribution in [0.25, 0.3) is 0 Å². The maximum atomic E-state index is 12.5. The Morgan fingerprint density at radius 3 is 2.89 bits per heavy atom. The molecular weight excluding hydrogens is 310 g/mol. The first-order chi connectivity index (χ1) is 8.57. The van der Waals surface area contributed by atoms with E-state index in [1.165, 1.54) is 11.3 Å². The minimum absolute atomic E-state index is 0.369. The number of hydrogen-bond donors (Lipinski definition) is 0. The summed E-state index contributed by atoms with van der Waals surface area (Å²) in [6.45, 7) is 3.33. The Morgan fingerprint density at radius 1 is 1.50 bits per heavy atom. The van der Waals surface area contributed by atoms with Gasteiger partial charge in [-0.05, 0) is 18.6 Å². The predicted octanol–water partition coefficient (Wildman–Crippen LogP) is 3.00. The van der Waals surface area contributed by atoms with E-state index in [2.05, 4.69) is 6.92 Å². The fourth-order valence-electron chi connectivity index (χ4n) is 1.85. The molecular formula is C11H16ClNO2S3. The average molecular weight is 326 g/mol. The van der Waals surface area contributed by atoms with Gasteiger partial charge in [-0.2, -0.15) is 16.1 Å². The number of sulfonamides is 1. The lowest BCUT2D eigenvalue weighted by molar-refractivity contribution is 0.417. The highest BCUT2D eigenvalue weighted by Crippen LogP contribution is 2.30. The van der Waals surface area contributed by atoms with Gasteiger partial charge < -0.3 is 0 Å². The summed E-state index contributed by atoms with van der Waals surface area (Å²) in [7, 11) is -3.31. The molecule has 2 rings (SSSR count). The zero-order valence-corrected chi connectivity index (χ0v) is 13.3. The normalized spacial score (nSPS) is 22.2. The Morgan fingerprint density at radius 2 is 2.28 bits per heavy atom. The Labute approximate surface area is 122 Å². The van der Waals surface area contributed by atoms with Crippen LogP contribution < -0.4 is 0 Å². The number of alkyl halides is 1. The summed E-state index contributed by atoms with van der Waals surface area (Å²) in [5, 5.41) is 0.418. The summed E-state index contributed by atoms with van der Waals surface area (Å²) >= 11 is 8.86. The Hall–Kier alpha value is 0.250. The molecule has 0 spiro atoms. The van der Waals surface area contributed by atoms with Crippen molar-refractivity contribution >= 4 is 44.7 Å². The SMILES string of the molecule is CCC1CN(S(=O)(=O)c2ccc(CCl)s2)CCS1. The van der Waals surface area contributed by atoms with E-state index >= 15 is 0 Å². The molecule has 0 aliphatic carbocycles. The standard InChI is InChI=1S/C11H16ClNO2S3/c1-2-9-8-13(5-6-16-9)18(14,15)11-4-3-10(7-12)17-11/h3-4,9H,2,5-8H2,1H3. The van der Waals surface area contributed by atoms with Gasteiger partial charge >= 0.3 is 0 Å². The van der Waals surface area contributed by atoms with E-state index < -0.39 is 10.0 Å². The van der Waals surface area contributed by atoms with Crippen molar-refractivity contribution in [2.45, 2.75) is 28.7 Å². The van der Waals surface area contributed by atoms with Gasteiger partial charge in [0.15, 0.2) is 0 Å². The van der Waals surface area contributed by atoms with Crippen molar-refractivity contribution in [1.29, 1.82) is 0 Å². The zero-order valence-electron chi connectivity index (χ0n) is 10.1. The van der Waals surface area contributed by atoms with Crippen LogP contribution in [0.3, 0.4) is 0 Å². The molecule has 0 amide bonds. The molecule has 0 saturated carbocycles. The number of nitrogens with zero attached hydrogens (tertiary/aromatic N) is 1. The van der Waals surface area contributed by atoms with E-state index in [4.69, 9.17) is 11.6 Å². The zero-order chi connectivity index (χ0) is 13.2. The Bertz CT molecular complexity index is 500. The van der Waals surface area contributed by atoms with E-state index in [0.717, 1.165) is 17.1 Å². The Kier molecular flexibility index (Phi) is 4.99. The molecule has 1 aromatic heterocycles. The van der Waals surface area contributed by atoms with Crippen LogP contribution in [0, 0.1) is 0 Å². The second-order valence-electron chi connectivity index (χ2n) is 4.12. The van der Waals surface area contributed by atoms with Crippen molar-refractivity contribution in [1.82, 2.24) is 4.31 Å². The molecule has 102 valence electrons. The van der Waals surface area contributed by atoms with Crippen LogP contribution in [0.15, 0.2) is 16.3 Å². The summed E-state index contributed by atoms with van der Waals surface area (Å²) < 4.78 is 27.0. The van der Waals surface area contributed by atoms with Crippen LogP contribution in [0.1, 0.15) is 18.2 Å². The second-order valence-corrected chi connectivity index (χ2v) is 9.13. The van der Waals surface area contributed by atoms with Gasteiger partial charge in [0.25, 0.3) is 10.0 Å². The molecule has 1 saturated heterocycles. The van der Waals surface area contributed by atoms with E-state index in [1.807, 2.05) is 11.8 Å². The maximum absolute atomic E-state index is 12.5. The first-order valence-electron chi connectivity index (χ1n) is 5.84. The molecule has 1 fully saturated rings. The summed E-state index contributed by atoms with van der Waals surface area (Å²) in [6, 6.07) is 3.46. The average Bonchev–Trinajstić information content (AvgIpc) is 2.88. The van der Waals surface area contributed by atoms with Crippen molar-refractivity contribution in [2.24, 2.45) is 0 Å². The molecule has 2 heterocycles. The number of thiophene rings is 1. The molecule has 1 aliphatic rings. The van der Waals surface area contributed by atoms with Gasteiger partial charge in [-0.3, -0.25) is 0 Å². The molecule has 7 heteroatoms. The van der Waals surface area contributed by atoms with Crippen LogP contribution >= 0.6 is 34.7 Å². The smallest absolute Gasteiger partial charge is 0.206 e. The molecule has 1 atom stereocenters. The fourth-order valence-corrected chi connectivity index (χ4v) is 6.34. The molecule has 18 heavy (non-hydrogen) atoms. The van der Waals surface area contributed by atoms with Gasteiger partial charge in [0, 0.05) is 29.0 Å².